The van der Waals surface area contributed by atoms with Crippen LogP contribution in [0.1, 0.15) is 12.5 Å². The van der Waals surface area contributed by atoms with E-state index in [2.05, 4.69) is 20.7 Å². The van der Waals surface area contributed by atoms with E-state index in [-0.39, 0.29) is 12.5 Å². The first-order valence-electron chi connectivity index (χ1n) is 5.69. The molecule has 7 heteroatoms. The van der Waals surface area contributed by atoms with Crippen LogP contribution in [0.3, 0.4) is 0 Å². The number of carbonyl (C=O) groups excluding carboxylic acids is 1. The summed E-state index contributed by atoms with van der Waals surface area (Å²) in [6.07, 6.45) is 1.09. The highest BCUT2D eigenvalue weighted by Gasteiger charge is 2.12. The van der Waals surface area contributed by atoms with E-state index in [1.807, 2.05) is 25.1 Å². The summed E-state index contributed by atoms with van der Waals surface area (Å²) in [7, 11) is -3.24. The molecular weight excluding hydrogens is 332 g/mol. The lowest BCUT2D eigenvalue weighted by Gasteiger charge is -2.22. The monoisotopic (exact) mass is 348 g/mol. The molecule has 0 bridgehead atoms. The number of halogens is 1. The van der Waals surface area contributed by atoms with Crippen LogP contribution in [0.25, 0.3) is 0 Å². The van der Waals surface area contributed by atoms with Crippen molar-refractivity contribution in [3.05, 3.63) is 28.2 Å². The van der Waals surface area contributed by atoms with E-state index in [4.69, 9.17) is 0 Å². The lowest BCUT2D eigenvalue weighted by molar-refractivity contribution is -0.116. The molecule has 0 aliphatic heterocycles. The highest BCUT2D eigenvalue weighted by molar-refractivity contribution is 9.10. The first-order chi connectivity index (χ1) is 8.70. The maximum absolute atomic E-state index is 11.6. The minimum absolute atomic E-state index is 0.128. The zero-order valence-electron chi connectivity index (χ0n) is 11.1. The molecule has 1 rings (SSSR count). The molecule has 0 fully saturated rings. The highest BCUT2D eigenvalue weighted by atomic mass is 79.9. The number of anilines is 1. The summed E-state index contributed by atoms with van der Waals surface area (Å²) in [4.78, 5) is 13.2. The number of aryl methyl sites for hydroxylation is 1. The predicted molar refractivity (Wildman–Crippen MR) is 79.8 cm³/mol. The topological polar surface area (TPSA) is 66.5 Å². The Morgan fingerprint density at radius 1 is 1.42 bits per heavy atom. The first kappa shape index (κ1) is 16.1. The molecule has 0 saturated heterocycles. The normalized spacial score (nSPS) is 11.4. The SMILES string of the molecule is CC(=O)N(CCNS(C)(=O)=O)c1ccc(Br)c(C)c1. The van der Waals surface area contributed by atoms with E-state index in [0.717, 1.165) is 22.0 Å². The van der Waals surface area contributed by atoms with Gasteiger partial charge in [-0.05, 0) is 30.7 Å². The van der Waals surface area contributed by atoms with Crippen molar-refractivity contribution in [2.45, 2.75) is 13.8 Å². The number of nitrogens with one attached hydrogen (secondary N) is 1. The number of hydrogen-bond donors (Lipinski definition) is 1. The smallest absolute Gasteiger partial charge is 0.223 e. The molecule has 0 unspecified atom stereocenters. The number of amides is 1. The van der Waals surface area contributed by atoms with Gasteiger partial charge in [0.2, 0.25) is 15.9 Å². The fourth-order valence-corrected chi connectivity index (χ4v) is 2.32. The first-order valence-corrected chi connectivity index (χ1v) is 8.38. The van der Waals surface area contributed by atoms with Crippen LogP contribution >= 0.6 is 15.9 Å². The molecule has 1 aromatic carbocycles. The van der Waals surface area contributed by atoms with E-state index < -0.39 is 10.0 Å². The Balaban J connectivity index is 2.83. The van der Waals surface area contributed by atoms with E-state index in [1.54, 1.807) is 0 Å². The van der Waals surface area contributed by atoms with Crippen molar-refractivity contribution in [1.29, 1.82) is 0 Å². The molecule has 106 valence electrons. The number of sulfonamides is 1. The Hall–Kier alpha value is -0.920. The number of benzene rings is 1. The largest absolute Gasteiger partial charge is 0.311 e. The molecule has 0 saturated carbocycles. The molecule has 19 heavy (non-hydrogen) atoms. The van der Waals surface area contributed by atoms with Crippen molar-refractivity contribution >= 4 is 37.5 Å². The zero-order valence-corrected chi connectivity index (χ0v) is 13.5. The molecule has 5 nitrogen and oxygen atoms in total. The molecule has 0 spiro atoms. The van der Waals surface area contributed by atoms with Gasteiger partial charge < -0.3 is 4.90 Å². The summed E-state index contributed by atoms with van der Waals surface area (Å²) in [5.74, 6) is -0.128. The van der Waals surface area contributed by atoms with Crippen LogP contribution in [0.4, 0.5) is 5.69 Å². The number of nitrogens with zero attached hydrogens (tertiary/aromatic N) is 1. The van der Waals surface area contributed by atoms with Crippen molar-refractivity contribution in [3.63, 3.8) is 0 Å². The minimum Gasteiger partial charge on any atom is -0.311 e. The van der Waals surface area contributed by atoms with Gasteiger partial charge in [-0.3, -0.25) is 4.79 Å². The van der Waals surface area contributed by atoms with Gasteiger partial charge in [0.25, 0.3) is 0 Å². The van der Waals surface area contributed by atoms with E-state index in [0.29, 0.717) is 6.54 Å². The van der Waals surface area contributed by atoms with E-state index >= 15 is 0 Å². The van der Waals surface area contributed by atoms with E-state index in [1.165, 1.54) is 11.8 Å². The van der Waals surface area contributed by atoms with Crippen LogP contribution in [0.15, 0.2) is 22.7 Å². The predicted octanol–water partition coefficient (Wildman–Crippen LogP) is 1.66. The summed E-state index contributed by atoms with van der Waals surface area (Å²) in [5, 5.41) is 0. The van der Waals surface area contributed by atoms with Crippen molar-refractivity contribution in [2.75, 3.05) is 24.2 Å². The van der Waals surface area contributed by atoms with Gasteiger partial charge in [0, 0.05) is 30.2 Å². The Kier molecular flexibility index (Phi) is 5.51. The van der Waals surface area contributed by atoms with Gasteiger partial charge in [0.1, 0.15) is 0 Å². The molecule has 0 heterocycles. The van der Waals surface area contributed by atoms with Crippen molar-refractivity contribution in [3.8, 4) is 0 Å². The van der Waals surface area contributed by atoms with Crippen LogP contribution in [0.5, 0.6) is 0 Å². The van der Waals surface area contributed by atoms with Gasteiger partial charge in [-0.1, -0.05) is 15.9 Å². The second-order valence-electron chi connectivity index (χ2n) is 4.27. The summed E-state index contributed by atoms with van der Waals surface area (Å²) in [6, 6.07) is 5.56. The fraction of sp³-hybridized carbons (Fsp3) is 0.417. The Morgan fingerprint density at radius 3 is 2.53 bits per heavy atom. The van der Waals surface area contributed by atoms with Crippen LogP contribution in [-0.4, -0.2) is 33.7 Å². The molecule has 0 atom stereocenters. The molecular formula is C12H17BrN2O3S. The average molecular weight is 349 g/mol. The van der Waals surface area contributed by atoms with Crippen molar-refractivity contribution in [2.24, 2.45) is 0 Å². The molecule has 1 amide bonds. The molecule has 0 aromatic heterocycles. The summed E-state index contributed by atoms with van der Waals surface area (Å²) in [6.45, 7) is 3.87. The van der Waals surface area contributed by atoms with Gasteiger partial charge in [-0.15, -0.1) is 0 Å². The fourth-order valence-electron chi connectivity index (χ4n) is 1.61. The van der Waals surface area contributed by atoms with E-state index in [9.17, 15) is 13.2 Å². The second-order valence-corrected chi connectivity index (χ2v) is 6.96. The summed E-state index contributed by atoms with van der Waals surface area (Å²) in [5.41, 5.74) is 1.77. The lowest BCUT2D eigenvalue weighted by Crippen LogP contribution is -2.37. The summed E-state index contributed by atoms with van der Waals surface area (Å²) < 4.78 is 25.3. The van der Waals surface area contributed by atoms with Crippen LogP contribution in [0, 0.1) is 6.92 Å². The zero-order chi connectivity index (χ0) is 14.6. The van der Waals surface area contributed by atoms with Crippen molar-refractivity contribution in [1.82, 2.24) is 4.72 Å². The minimum atomic E-state index is -3.24. The van der Waals surface area contributed by atoms with Crippen LogP contribution in [0.2, 0.25) is 0 Å². The van der Waals surface area contributed by atoms with Crippen molar-refractivity contribution < 1.29 is 13.2 Å². The van der Waals surface area contributed by atoms with Crippen LogP contribution < -0.4 is 9.62 Å². The number of carbonyl (C=O) groups is 1. The number of hydrogen-bond acceptors (Lipinski definition) is 3. The molecule has 0 aliphatic carbocycles. The average Bonchev–Trinajstić information content (AvgIpc) is 2.26. The molecule has 0 aliphatic rings. The van der Waals surface area contributed by atoms with Gasteiger partial charge in [-0.2, -0.15) is 0 Å². The van der Waals surface area contributed by atoms with Gasteiger partial charge in [0.15, 0.2) is 0 Å². The molecule has 1 N–H and O–H groups in total. The third kappa shape index (κ3) is 5.30. The Bertz CT molecular complexity index is 572. The third-order valence-electron chi connectivity index (χ3n) is 2.53. The van der Waals surface area contributed by atoms with Gasteiger partial charge in [0.05, 0.1) is 6.26 Å². The molecule has 1 aromatic rings. The molecule has 0 radical (unpaired) electrons. The summed E-state index contributed by atoms with van der Waals surface area (Å²) >= 11 is 3.40. The number of rotatable bonds is 5. The van der Waals surface area contributed by atoms with Gasteiger partial charge in [-0.25, -0.2) is 13.1 Å². The van der Waals surface area contributed by atoms with Gasteiger partial charge >= 0.3 is 0 Å². The lowest BCUT2D eigenvalue weighted by atomic mass is 10.2. The Morgan fingerprint density at radius 2 is 2.05 bits per heavy atom. The maximum atomic E-state index is 11.6. The standard InChI is InChI=1S/C12H17BrN2O3S/c1-9-8-11(4-5-12(9)13)15(10(2)16)7-6-14-19(3,17)18/h4-5,8,14H,6-7H2,1-3H3. The highest BCUT2D eigenvalue weighted by Crippen LogP contribution is 2.22. The quantitative estimate of drug-likeness (QED) is 0.879. The second kappa shape index (κ2) is 6.49. The third-order valence-corrected chi connectivity index (χ3v) is 4.15. The van der Waals surface area contributed by atoms with Crippen LogP contribution in [-0.2, 0) is 14.8 Å². The maximum Gasteiger partial charge on any atom is 0.223 e. The Labute approximate surface area is 122 Å².